The van der Waals surface area contributed by atoms with E-state index in [2.05, 4.69) is 50.9 Å². The van der Waals surface area contributed by atoms with E-state index in [0.717, 1.165) is 49.8 Å². The van der Waals surface area contributed by atoms with Crippen molar-refractivity contribution in [3.05, 3.63) is 52.3 Å². The summed E-state index contributed by atoms with van der Waals surface area (Å²) in [7, 11) is 0. The predicted molar refractivity (Wildman–Crippen MR) is 120 cm³/mol. The summed E-state index contributed by atoms with van der Waals surface area (Å²) < 4.78 is 0. The number of fused-ring (bicyclic) bond motifs is 1. The molecular formula is C21H31Cl2N5O. The SMILES string of the molecule is CC1CCN(Cc2ccccc2CNC(=O)c2n[nH]c3c2CNCC3)CC1.Cl.Cl. The number of hydrogen-bond acceptors (Lipinski definition) is 4. The molecule has 1 fully saturated rings. The van der Waals surface area contributed by atoms with Crippen LogP contribution >= 0.6 is 24.8 Å². The zero-order valence-corrected chi connectivity index (χ0v) is 18.5. The van der Waals surface area contributed by atoms with Gasteiger partial charge in [0, 0.05) is 43.9 Å². The number of carbonyl (C=O) groups excluding carboxylic acids is 1. The monoisotopic (exact) mass is 439 g/mol. The third kappa shape index (κ3) is 5.72. The van der Waals surface area contributed by atoms with Crippen LogP contribution in [0.25, 0.3) is 0 Å². The zero-order valence-electron chi connectivity index (χ0n) is 16.9. The smallest absolute Gasteiger partial charge is 0.272 e. The number of rotatable bonds is 5. The Morgan fingerprint density at radius 2 is 1.93 bits per heavy atom. The second kappa shape index (κ2) is 11.0. The first-order valence-electron chi connectivity index (χ1n) is 10.0. The highest BCUT2D eigenvalue weighted by Crippen LogP contribution is 2.20. The van der Waals surface area contributed by atoms with Crippen LogP contribution in [0.5, 0.6) is 0 Å². The molecule has 29 heavy (non-hydrogen) atoms. The fraction of sp³-hybridized carbons (Fsp3) is 0.524. The molecule has 8 heteroatoms. The Balaban J connectivity index is 0.00000150. The molecule has 1 amide bonds. The maximum absolute atomic E-state index is 12.7. The lowest BCUT2D eigenvalue weighted by Crippen LogP contribution is -2.33. The van der Waals surface area contributed by atoms with E-state index in [1.807, 2.05) is 6.07 Å². The van der Waals surface area contributed by atoms with Crippen LogP contribution in [0, 0.1) is 5.92 Å². The van der Waals surface area contributed by atoms with Crippen molar-refractivity contribution < 1.29 is 4.79 Å². The average Bonchev–Trinajstić information content (AvgIpc) is 3.13. The van der Waals surface area contributed by atoms with E-state index in [9.17, 15) is 4.79 Å². The summed E-state index contributed by atoms with van der Waals surface area (Å²) in [5.41, 5.74) is 5.11. The van der Waals surface area contributed by atoms with Crippen molar-refractivity contribution in [2.45, 2.75) is 45.8 Å². The highest BCUT2D eigenvalue weighted by Gasteiger charge is 2.22. The molecule has 2 aromatic rings. The standard InChI is InChI=1S/C21H29N5O.2ClH/c1-15-7-10-26(11-8-15)14-17-5-3-2-4-16(17)12-23-21(27)20-18-13-22-9-6-19(18)24-25-20;;/h2-5,15,22H,6-14H2,1H3,(H,23,27)(H,24,25);2*1H. The molecule has 0 radical (unpaired) electrons. The third-order valence-corrected chi connectivity index (χ3v) is 5.85. The predicted octanol–water partition coefficient (Wildman–Crippen LogP) is 3.06. The Morgan fingerprint density at radius 1 is 1.21 bits per heavy atom. The molecule has 1 saturated heterocycles. The van der Waals surface area contributed by atoms with Crippen LogP contribution in [0.3, 0.4) is 0 Å². The molecule has 6 nitrogen and oxygen atoms in total. The molecule has 3 N–H and O–H groups in total. The molecular weight excluding hydrogens is 409 g/mol. The number of H-pyrrole nitrogens is 1. The van der Waals surface area contributed by atoms with E-state index >= 15 is 0 Å². The lowest BCUT2D eigenvalue weighted by molar-refractivity contribution is 0.0944. The van der Waals surface area contributed by atoms with Crippen LogP contribution in [-0.2, 0) is 26.1 Å². The number of nitrogens with one attached hydrogen (secondary N) is 3. The van der Waals surface area contributed by atoms with Gasteiger partial charge in [0.15, 0.2) is 5.69 Å². The molecule has 2 aliphatic rings. The average molecular weight is 440 g/mol. The molecule has 0 unspecified atom stereocenters. The number of likely N-dealkylation sites (tertiary alicyclic amines) is 1. The summed E-state index contributed by atoms with van der Waals surface area (Å²) in [6.07, 6.45) is 3.45. The maximum Gasteiger partial charge on any atom is 0.272 e. The van der Waals surface area contributed by atoms with Crippen LogP contribution in [-0.4, -0.2) is 40.6 Å². The molecule has 0 atom stereocenters. The van der Waals surface area contributed by atoms with Gasteiger partial charge in [0.05, 0.1) is 0 Å². The first kappa shape index (κ1) is 23.7. The molecule has 0 aliphatic carbocycles. The minimum absolute atomic E-state index is 0. The quantitative estimate of drug-likeness (QED) is 0.668. The van der Waals surface area contributed by atoms with Gasteiger partial charge in [-0.05, 0) is 43.0 Å². The maximum atomic E-state index is 12.7. The highest BCUT2D eigenvalue weighted by molar-refractivity contribution is 5.94. The second-order valence-corrected chi connectivity index (χ2v) is 7.87. The van der Waals surface area contributed by atoms with Gasteiger partial charge in [-0.15, -0.1) is 24.8 Å². The van der Waals surface area contributed by atoms with Crippen molar-refractivity contribution in [1.82, 2.24) is 25.7 Å². The van der Waals surface area contributed by atoms with Gasteiger partial charge < -0.3 is 10.6 Å². The molecule has 4 rings (SSSR count). The lowest BCUT2D eigenvalue weighted by Gasteiger charge is -2.30. The van der Waals surface area contributed by atoms with Crippen LogP contribution in [0.1, 0.15) is 52.6 Å². The fourth-order valence-corrected chi connectivity index (χ4v) is 4.02. The largest absolute Gasteiger partial charge is 0.347 e. The van der Waals surface area contributed by atoms with Crippen molar-refractivity contribution in [3.8, 4) is 0 Å². The Kier molecular flexibility index (Phi) is 8.96. The molecule has 0 bridgehead atoms. The fourth-order valence-electron chi connectivity index (χ4n) is 4.02. The number of nitrogens with zero attached hydrogens (tertiary/aromatic N) is 2. The van der Waals surface area contributed by atoms with Crippen LogP contribution in [0.4, 0.5) is 0 Å². The van der Waals surface area contributed by atoms with Gasteiger partial charge in [0.2, 0.25) is 0 Å². The summed E-state index contributed by atoms with van der Waals surface area (Å²) in [4.78, 5) is 15.2. The Labute approximate surface area is 185 Å². The van der Waals surface area contributed by atoms with Crippen molar-refractivity contribution in [1.29, 1.82) is 0 Å². The number of aromatic amines is 1. The highest BCUT2D eigenvalue weighted by atomic mass is 35.5. The number of benzene rings is 1. The summed E-state index contributed by atoms with van der Waals surface area (Å²) in [5, 5.41) is 13.6. The zero-order chi connectivity index (χ0) is 18.6. The second-order valence-electron chi connectivity index (χ2n) is 7.87. The molecule has 0 spiro atoms. The van der Waals surface area contributed by atoms with Gasteiger partial charge in [0.25, 0.3) is 5.91 Å². The summed E-state index contributed by atoms with van der Waals surface area (Å²) in [6.45, 7) is 7.79. The first-order valence-corrected chi connectivity index (χ1v) is 10.0. The minimum atomic E-state index is -0.0993. The van der Waals surface area contributed by atoms with Gasteiger partial charge in [-0.25, -0.2) is 0 Å². The first-order chi connectivity index (χ1) is 13.2. The van der Waals surface area contributed by atoms with Gasteiger partial charge in [-0.3, -0.25) is 14.8 Å². The molecule has 3 heterocycles. The van der Waals surface area contributed by atoms with Crippen molar-refractivity contribution in [2.75, 3.05) is 19.6 Å². The minimum Gasteiger partial charge on any atom is -0.347 e. The van der Waals surface area contributed by atoms with Gasteiger partial charge in [0.1, 0.15) is 0 Å². The molecule has 1 aromatic carbocycles. The third-order valence-electron chi connectivity index (χ3n) is 5.85. The van der Waals surface area contributed by atoms with Crippen molar-refractivity contribution in [3.63, 3.8) is 0 Å². The van der Waals surface area contributed by atoms with Crippen molar-refractivity contribution >= 4 is 30.7 Å². The number of carbonyl (C=O) groups is 1. The number of piperidine rings is 1. The van der Waals surface area contributed by atoms with Gasteiger partial charge in [-0.1, -0.05) is 31.2 Å². The Hall–Kier alpha value is -1.60. The van der Waals surface area contributed by atoms with E-state index in [0.29, 0.717) is 18.8 Å². The van der Waals surface area contributed by atoms with Gasteiger partial charge >= 0.3 is 0 Å². The van der Waals surface area contributed by atoms with Crippen LogP contribution < -0.4 is 10.6 Å². The summed E-state index contributed by atoms with van der Waals surface area (Å²) in [5.74, 6) is 0.739. The van der Waals surface area contributed by atoms with E-state index < -0.39 is 0 Å². The van der Waals surface area contributed by atoms with E-state index in [1.165, 1.54) is 24.0 Å². The molecule has 0 saturated carbocycles. The van der Waals surface area contributed by atoms with E-state index in [1.54, 1.807) is 0 Å². The summed E-state index contributed by atoms with van der Waals surface area (Å²) >= 11 is 0. The Morgan fingerprint density at radius 3 is 2.69 bits per heavy atom. The van der Waals surface area contributed by atoms with Gasteiger partial charge in [-0.2, -0.15) is 5.10 Å². The summed E-state index contributed by atoms with van der Waals surface area (Å²) in [6, 6.07) is 8.43. The topological polar surface area (TPSA) is 73.0 Å². The Bertz CT molecular complexity index is 802. The molecule has 1 aromatic heterocycles. The van der Waals surface area contributed by atoms with Crippen LogP contribution in [0.15, 0.2) is 24.3 Å². The molecule has 2 aliphatic heterocycles. The number of halogens is 2. The normalized spacial score (nSPS) is 17.0. The van der Waals surface area contributed by atoms with Crippen molar-refractivity contribution in [2.24, 2.45) is 5.92 Å². The molecule has 160 valence electrons. The van der Waals surface area contributed by atoms with E-state index in [-0.39, 0.29) is 30.7 Å². The van der Waals surface area contributed by atoms with E-state index in [4.69, 9.17) is 0 Å². The number of amides is 1. The lowest BCUT2D eigenvalue weighted by atomic mass is 9.98. The number of aromatic nitrogens is 2. The number of hydrogen-bond donors (Lipinski definition) is 3. The van der Waals surface area contributed by atoms with Crippen LogP contribution in [0.2, 0.25) is 0 Å².